The SMILES string of the molecule is CC(C)(C)S(=O)(=O)c1ccc(N)cc1C#N. The number of sulfone groups is 1. The molecule has 0 atom stereocenters. The summed E-state index contributed by atoms with van der Waals surface area (Å²) in [6, 6.07) is 6.10. The number of hydrogen-bond donors (Lipinski definition) is 1. The predicted octanol–water partition coefficient (Wildman–Crippen LogP) is 1.71. The van der Waals surface area contributed by atoms with Crippen LogP contribution in [0.5, 0.6) is 0 Å². The minimum absolute atomic E-state index is 0.0386. The Morgan fingerprint density at radius 3 is 2.31 bits per heavy atom. The fourth-order valence-corrected chi connectivity index (χ4v) is 2.50. The average Bonchev–Trinajstić information content (AvgIpc) is 2.15. The van der Waals surface area contributed by atoms with Gasteiger partial charge in [0.25, 0.3) is 0 Å². The van der Waals surface area contributed by atoms with Crippen LogP contribution in [0.4, 0.5) is 5.69 Å². The molecule has 1 rings (SSSR count). The number of nitrogens with two attached hydrogens (primary N) is 1. The highest BCUT2D eigenvalue weighted by atomic mass is 32.2. The molecule has 0 bridgehead atoms. The largest absolute Gasteiger partial charge is 0.399 e. The predicted molar refractivity (Wildman–Crippen MR) is 62.5 cm³/mol. The molecule has 0 fully saturated rings. The van der Waals surface area contributed by atoms with Gasteiger partial charge in [-0.25, -0.2) is 8.42 Å². The molecule has 0 unspecified atom stereocenters. The molecule has 0 radical (unpaired) electrons. The van der Waals surface area contributed by atoms with Gasteiger partial charge < -0.3 is 5.73 Å². The molecule has 0 aromatic heterocycles. The lowest BCUT2D eigenvalue weighted by Crippen LogP contribution is -2.28. The van der Waals surface area contributed by atoms with Gasteiger partial charge in [0.05, 0.1) is 15.2 Å². The molecule has 2 N–H and O–H groups in total. The first-order valence-corrected chi connectivity index (χ1v) is 6.23. The quantitative estimate of drug-likeness (QED) is 0.755. The van der Waals surface area contributed by atoms with E-state index < -0.39 is 14.6 Å². The van der Waals surface area contributed by atoms with Crippen molar-refractivity contribution < 1.29 is 8.42 Å². The van der Waals surface area contributed by atoms with Gasteiger partial charge in [-0.2, -0.15) is 5.26 Å². The molecule has 0 heterocycles. The first-order valence-electron chi connectivity index (χ1n) is 4.74. The van der Waals surface area contributed by atoms with Crippen LogP contribution >= 0.6 is 0 Å². The lowest BCUT2D eigenvalue weighted by Gasteiger charge is -2.20. The Morgan fingerprint density at radius 2 is 1.88 bits per heavy atom. The lowest BCUT2D eigenvalue weighted by atomic mass is 10.2. The van der Waals surface area contributed by atoms with Crippen LogP contribution in [0.3, 0.4) is 0 Å². The van der Waals surface area contributed by atoms with Crippen molar-refractivity contribution in [3.63, 3.8) is 0 Å². The number of rotatable bonds is 1. The van der Waals surface area contributed by atoms with Gasteiger partial charge in [-0.3, -0.25) is 0 Å². The topological polar surface area (TPSA) is 83.9 Å². The van der Waals surface area contributed by atoms with Crippen LogP contribution in [0, 0.1) is 11.3 Å². The number of hydrogen-bond acceptors (Lipinski definition) is 4. The van der Waals surface area contributed by atoms with Crippen molar-refractivity contribution in [3.8, 4) is 6.07 Å². The van der Waals surface area contributed by atoms with Gasteiger partial charge in [-0.05, 0) is 39.0 Å². The Kier molecular flexibility index (Phi) is 2.97. The molecule has 0 saturated carbocycles. The smallest absolute Gasteiger partial charge is 0.184 e. The van der Waals surface area contributed by atoms with E-state index in [9.17, 15) is 8.42 Å². The van der Waals surface area contributed by atoms with Crippen LogP contribution in [0.2, 0.25) is 0 Å². The van der Waals surface area contributed by atoms with Crippen molar-refractivity contribution in [1.82, 2.24) is 0 Å². The van der Waals surface area contributed by atoms with Crippen LogP contribution < -0.4 is 5.73 Å². The van der Waals surface area contributed by atoms with E-state index in [-0.39, 0.29) is 10.5 Å². The lowest BCUT2D eigenvalue weighted by molar-refractivity contribution is 0.560. The molecule has 5 heteroatoms. The van der Waals surface area contributed by atoms with Crippen molar-refractivity contribution >= 4 is 15.5 Å². The van der Waals surface area contributed by atoms with E-state index in [1.807, 2.05) is 6.07 Å². The molecule has 1 aromatic rings. The first kappa shape index (κ1) is 12.5. The monoisotopic (exact) mass is 238 g/mol. The van der Waals surface area contributed by atoms with Crippen molar-refractivity contribution in [2.75, 3.05) is 5.73 Å². The molecular formula is C11H14N2O2S. The van der Waals surface area contributed by atoms with Gasteiger partial charge in [0.1, 0.15) is 6.07 Å². The van der Waals surface area contributed by atoms with Gasteiger partial charge in [-0.1, -0.05) is 0 Å². The van der Waals surface area contributed by atoms with E-state index in [1.54, 1.807) is 20.8 Å². The highest BCUT2D eigenvalue weighted by Crippen LogP contribution is 2.28. The Morgan fingerprint density at radius 1 is 1.31 bits per heavy atom. The van der Waals surface area contributed by atoms with E-state index in [1.165, 1.54) is 18.2 Å². The van der Waals surface area contributed by atoms with E-state index in [2.05, 4.69) is 0 Å². The van der Waals surface area contributed by atoms with Crippen LogP contribution in [-0.2, 0) is 9.84 Å². The number of nitrogens with zero attached hydrogens (tertiary/aromatic N) is 1. The number of nitrogen functional groups attached to an aromatic ring is 1. The third-order valence-electron chi connectivity index (χ3n) is 2.22. The molecule has 16 heavy (non-hydrogen) atoms. The molecule has 0 saturated heterocycles. The van der Waals surface area contributed by atoms with E-state index in [0.29, 0.717) is 5.69 Å². The Bertz CT molecular complexity index is 548. The average molecular weight is 238 g/mol. The maximum atomic E-state index is 12.2. The van der Waals surface area contributed by atoms with Crippen molar-refractivity contribution in [3.05, 3.63) is 23.8 Å². The number of anilines is 1. The molecule has 1 aromatic carbocycles. The summed E-state index contributed by atoms with van der Waals surface area (Å²) in [6.45, 7) is 4.79. The maximum Gasteiger partial charge on any atom is 0.184 e. The Labute approximate surface area is 95.6 Å². The van der Waals surface area contributed by atoms with Gasteiger partial charge >= 0.3 is 0 Å². The van der Waals surface area contributed by atoms with Crippen molar-refractivity contribution in [2.24, 2.45) is 0 Å². The number of benzene rings is 1. The molecule has 0 amide bonds. The van der Waals surface area contributed by atoms with Crippen LogP contribution in [0.1, 0.15) is 26.3 Å². The van der Waals surface area contributed by atoms with Gasteiger partial charge in [0.15, 0.2) is 9.84 Å². The van der Waals surface area contributed by atoms with Crippen molar-refractivity contribution in [1.29, 1.82) is 5.26 Å². The number of nitriles is 1. The minimum atomic E-state index is -3.51. The molecule has 0 aliphatic heterocycles. The van der Waals surface area contributed by atoms with E-state index >= 15 is 0 Å². The first-order chi connectivity index (χ1) is 7.20. The zero-order valence-electron chi connectivity index (χ0n) is 9.48. The highest BCUT2D eigenvalue weighted by Gasteiger charge is 2.32. The summed E-state index contributed by atoms with van der Waals surface area (Å²) in [6.07, 6.45) is 0. The standard InChI is InChI=1S/C11H14N2O2S/c1-11(2,3)16(14,15)10-5-4-9(13)6-8(10)7-12/h4-6H,13H2,1-3H3. The molecule has 0 aliphatic carbocycles. The zero-order chi connectivity index (χ0) is 12.6. The molecule has 4 nitrogen and oxygen atoms in total. The summed E-state index contributed by atoms with van der Waals surface area (Å²) in [7, 11) is -3.51. The second kappa shape index (κ2) is 3.80. The van der Waals surface area contributed by atoms with Gasteiger partial charge in [0, 0.05) is 5.69 Å². The summed E-state index contributed by atoms with van der Waals surface area (Å²) in [5.74, 6) is 0. The van der Waals surface area contributed by atoms with Crippen LogP contribution in [-0.4, -0.2) is 13.2 Å². The van der Waals surface area contributed by atoms with E-state index in [0.717, 1.165) is 0 Å². The van der Waals surface area contributed by atoms with E-state index in [4.69, 9.17) is 11.0 Å². The maximum absolute atomic E-state index is 12.2. The molecule has 86 valence electrons. The summed E-state index contributed by atoms with van der Waals surface area (Å²) < 4.78 is 23.4. The summed E-state index contributed by atoms with van der Waals surface area (Å²) in [5, 5.41) is 8.90. The third kappa shape index (κ3) is 2.02. The molecular weight excluding hydrogens is 224 g/mol. The summed E-state index contributed by atoms with van der Waals surface area (Å²) in [4.78, 5) is 0.0386. The second-order valence-corrected chi connectivity index (χ2v) is 7.15. The Balaban J connectivity index is 3.54. The van der Waals surface area contributed by atoms with Crippen molar-refractivity contribution in [2.45, 2.75) is 30.4 Å². The van der Waals surface area contributed by atoms with Gasteiger partial charge in [0.2, 0.25) is 0 Å². The van der Waals surface area contributed by atoms with Crippen LogP contribution in [0.15, 0.2) is 23.1 Å². The van der Waals surface area contributed by atoms with Crippen LogP contribution in [0.25, 0.3) is 0 Å². The zero-order valence-corrected chi connectivity index (χ0v) is 10.3. The summed E-state index contributed by atoms with van der Waals surface area (Å²) in [5.41, 5.74) is 5.98. The minimum Gasteiger partial charge on any atom is -0.399 e. The fourth-order valence-electron chi connectivity index (χ4n) is 1.20. The second-order valence-electron chi connectivity index (χ2n) is 4.48. The fraction of sp³-hybridized carbons (Fsp3) is 0.364. The van der Waals surface area contributed by atoms with Gasteiger partial charge in [-0.15, -0.1) is 0 Å². The third-order valence-corrected chi connectivity index (χ3v) is 4.77. The normalized spacial score (nSPS) is 12.1. The summed E-state index contributed by atoms with van der Waals surface area (Å²) >= 11 is 0. The highest BCUT2D eigenvalue weighted by molar-refractivity contribution is 7.92. The molecule has 0 spiro atoms. The Hall–Kier alpha value is -1.54. The molecule has 0 aliphatic rings.